The van der Waals surface area contributed by atoms with Crippen molar-refractivity contribution < 1.29 is 4.74 Å². The molecule has 8 nitrogen and oxygen atoms in total. The highest BCUT2D eigenvalue weighted by Gasteiger charge is 2.14. The molecule has 3 aromatic rings. The van der Waals surface area contributed by atoms with Gasteiger partial charge in [-0.05, 0) is 31.5 Å². The van der Waals surface area contributed by atoms with E-state index < -0.39 is 11.1 Å². The normalized spacial score (nSPS) is 10.9. The molecule has 0 bridgehead atoms. The Labute approximate surface area is 150 Å². The number of anilines is 1. The summed E-state index contributed by atoms with van der Waals surface area (Å²) in [7, 11) is 1.60. The van der Waals surface area contributed by atoms with E-state index in [9.17, 15) is 9.59 Å². The fourth-order valence-electron chi connectivity index (χ4n) is 2.87. The molecule has 0 aliphatic heterocycles. The molecule has 2 heterocycles. The summed E-state index contributed by atoms with van der Waals surface area (Å²) in [5, 5.41) is 0. The number of H-pyrrole nitrogens is 1. The summed E-state index contributed by atoms with van der Waals surface area (Å²) in [6, 6.07) is 7.51. The molecule has 0 aliphatic carbocycles. The van der Waals surface area contributed by atoms with Gasteiger partial charge in [-0.1, -0.05) is 12.1 Å². The second-order valence-electron chi connectivity index (χ2n) is 5.79. The number of nitrogens with one attached hydrogen (secondary N) is 1. The minimum Gasteiger partial charge on any atom is -0.497 e. The summed E-state index contributed by atoms with van der Waals surface area (Å²) in [6.45, 7) is 5.51. The van der Waals surface area contributed by atoms with Crippen molar-refractivity contribution in [1.29, 1.82) is 0 Å². The first kappa shape index (κ1) is 17.7. The van der Waals surface area contributed by atoms with E-state index in [-0.39, 0.29) is 17.0 Å². The zero-order chi connectivity index (χ0) is 18.7. The van der Waals surface area contributed by atoms with Gasteiger partial charge in [0, 0.05) is 19.6 Å². The number of rotatable bonds is 6. The Bertz CT molecular complexity index is 1040. The zero-order valence-corrected chi connectivity index (χ0v) is 15.0. The number of methoxy groups -OCH3 is 1. The maximum atomic E-state index is 12.7. The molecule has 0 fully saturated rings. The Kier molecular flexibility index (Phi) is 5.01. The number of aromatic nitrogens is 4. The van der Waals surface area contributed by atoms with E-state index >= 15 is 0 Å². The van der Waals surface area contributed by atoms with Gasteiger partial charge in [-0.2, -0.15) is 4.98 Å². The average molecular weight is 355 g/mol. The molecule has 0 unspecified atom stereocenters. The predicted octanol–water partition coefficient (Wildman–Crippen LogP) is 1.38. The molecule has 0 atom stereocenters. The third-order valence-corrected chi connectivity index (χ3v) is 4.24. The second-order valence-corrected chi connectivity index (χ2v) is 5.79. The number of nitrogens with zero attached hydrogens (tertiary/aromatic N) is 4. The van der Waals surface area contributed by atoms with Crippen LogP contribution < -0.4 is 20.8 Å². The van der Waals surface area contributed by atoms with Crippen LogP contribution in [0.2, 0.25) is 0 Å². The van der Waals surface area contributed by atoms with E-state index in [2.05, 4.69) is 15.0 Å². The predicted molar refractivity (Wildman–Crippen MR) is 100 cm³/mol. The molecule has 3 rings (SSSR count). The van der Waals surface area contributed by atoms with E-state index in [1.54, 1.807) is 11.7 Å². The lowest BCUT2D eigenvalue weighted by Crippen LogP contribution is -2.26. The summed E-state index contributed by atoms with van der Waals surface area (Å²) in [6.07, 6.45) is 1.49. The van der Waals surface area contributed by atoms with Crippen LogP contribution in [0.5, 0.6) is 5.75 Å². The number of ether oxygens (including phenoxy) is 1. The smallest absolute Gasteiger partial charge is 0.301 e. The van der Waals surface area contributed by atoms with Crippen molar-refractivity contribution in [2.45, 2.75) is 20.4 Å². The fourth-order valence-corrected chi connectivity index (χ4v) is 2.87. The molecule has 2 aromatic heterocycles. The summed E-state index contributed by atoms with van der Waals surface area (Å²) in [4.78, 5) is 37.9. The van der Waals surface area contributed by atoms with Gasteiger partial charge in [0.25, 0.3) is 5.56 Å². The lowest BCUT2D eigenvalue weighted by atomic mass is 10.2. The molecule has 8 heteroatoms. The highest BCUT2D eigenvalue weighted by atomic mass is 16.5. The SMILES string of the molecule is CCN(CC)c1nc(=O)c2ncn(Cc3cccc(OC)c3)c2c(=O)[nH]1. The highest BCUT2D eigenvalue weighted by molar-refractivity contribution is 5.73. The molecule has 1 aromatic carbocycles. The van der Waals surface area contributed by atoms with Crippen molar-refractivity contribution in [1.82, 2.24) is 19.5 Å². The van der Waals surface area contributed by atoms with Gasteiger partial charge in [0.05, 0.1) is 13.4 Å². The van der Waals surface area contributed by atoms with Gasteiger partial charge >= 0.3 is 5.56 Å². The number of hydrogen-bond donors (Lipinski definition) is 1. The first-order valence-corrected chi connectivity index (χ1v) is 8.44. The van der Waals surface area contributed by atoms with Gasteiger partial charge in [0.2, 0.25) is 5.95 Å². The summed E-state index contributed by atoms with van der Waals surface area (Å²) < 4.78 is 6.88. The van der Waals surface area contributed by atoms with Crippen LogP contribution in [0.1, 0.15) is 19.4 Å². The number of aromatic amines is 1. The van der Waals surface area contributed by atoms with Gasteiger partial charge in [-0.15, -0.1) is 0 Å². The fraction of sp³-hybridized carbons (Fsp3) is 0.333. The monoisotopic (exact) mass is 355 g/mol. The Morgan fingerprint density at radius 2 is 2.00 bits per heavy atom. The molecule has 26 heavy (non-hydrogen) atoms. The summed E-state index contributed by atoms with van der Waals surface area (Å²) in [5.41, 5.74) is 0.289. The zero-order valence-electron chi connectivity index (χ0n) is 15.0. The van der Waals surface area contributed by atoms with Gasteiger partial charge in [-0.25, -0.2) is 4.98 Å². The topological polar surface area (TPSA) is 93.1 Å². The van der Waals surface area contributed by atoms with Crippen molar-refractivity contribution in [3.63, 3.8) is 0 Å². The summed E-state index contributed by atoms with van der Waals surface area (Å²) in [5.74, 6) is 0.984. The molecule has 136 valence electrons. The number of imidazole rings is 1. The Balaban J connectivity index is 2.14. The van der Waals surface area contributed by atoms with Crippen molar-refractivity contribution in [3.8, 4) is 5.75 Å². The molecule has 1 N–H and O–H groups in total. The Hall–Kier alpha value is -3.16. The van der Waals surface area contributed by atoms with Gasteiger partial charge < -0.3 is 14.2 Å². The van der Waals surface area contributed by atoms with E-state index in [0.29, 0.717) is 19.6 Å². The third kappa shape index (κ3) is 3.30. The molecule has 0 radical (unpaired) electrons. The highest BCUT2D eigenvalue weighted by Crippen LogP contribution is 2.15. The molecule has 0 aliphatic rings. The van der Waals surface area contributed by atoms with E-state index in [4.69, 9.17) is 4.74 Å². The quantitative estimate of drug-likeness (QED) is 0.718. The molecule has 0 saturated heterocycles. The number of benzene rings is 1. The van der Waals surface area contributed by atoms with Crippen LogP contribution in [0.3, 0.4) is 0 Å². The largest absolute Gasteiger partial charge is 0.497 e. The van der Waals surface area contributed by atoms with E-state index in [0.717, 1.165) is 11.3 Å². The van der Waals surface area contributed by atoms with E-state index in [1.165, 1.54) is 6.33 Å². The van der Waals surface area contributed by atoms with Gasteiger partial charge in [0.1, 0.15) is 11.3 Å². The lowest BCUT2D eigenvalue weighted by molar-refractivity contribution is 0.414. The van der Waals surface area contributed by atoms with Crippen LogP contribution in [-0.4, -0.2) is 39.7 Å². The van der Waals surface area contributed by atoms with Crippen molar-refractivity contribution in [2.75, 3.05) is 25.1 Å². The Morgan fingerprint density at radius 3 is 2.69 bits per heavy atom. The molecular weight excluding hydrogens is 334 g/mol. The number of fused-ring (bicyclic) bond motifs is 1. The Morgan fingerprint density at radius 1 is 1.23 bits per heavy atom. The van der Waals surface area contributed by atoms with Crippen LogP contribution in [0.15, 0.2) is 40.2 Å². The van der Waals surface area contributed by atoms with E-state index in [1.807, 2.05) is 43.0 Å². The molecular formula is C18H21N5O3. The molecule has 0 spiro atoms. The van der Waals surface area contributed by atoms with Crippen LogP contribution in [0.25, 0.3) is 11.0 Å². The average Bonchev–Trinajstić information content (AvgIpc) is 3.01. The molecule has 0 saturated carbocycles. The minimum absolute atomic E-state index is 0.0625. The standard InChI is InChI=1S/C18H21N5O3/c1-4-22(5-2)18-20-16(24)14-15(17(25)21-18)23(11-19-14)10-12-7-6-8-13(9-12)26-3/h6-9,11H,4-5,10H2,1-3H3,(H,20,21,24,25). The lowest BCUT2D eigenvalue weighted by Gasteiger charge is -2.16. The van der Waals surface area contributed by atoms with Crippen LogP contribution in [0.4, 0.5) is 5.95 Å². The van der Waals surface area contributed by atoms with Crippen molar-refractivity contribution >= 4 is 17.0 Å². The van der Waals surface area contributed by atoms with Gasteiger partial charge in [0.15, 0.2) is 5.52 Å². The third-order valence-electron chi connectivity index (χ3n) is 4.24. The maximum absolute atomic E-state index is 12.7. The van der Waals surface area contributed by atoms with Crippen LogP contribution in [-0.2, 0) is 6.54 Å². The van der Waals surface area contributed by atoms with Gasteiger partial charge in [-0.3, -0.25) is 14.6 Å². The van der Waals surface area contributed by atoms with Crippen LogP contribution >= 0.6 is 0 Å². The first-order valence-electron chi connectivity index (χ1n) is 8.44. The van der Waals surface area contributed by atoms with Crippen LogP contribution in [0, 0.1) is 0 Å². The molecule has 0 amide bonds. The summed E-state index contributed by atoms with van der Waals surface area (Å²) >= 11 is 0. The van der Waals surface area contributed by atoms with Crippen molar-refractivity contribution in [3.05, 3.63) is 56.9 Å². The van der Waals surface area contributed by atoms with Crippen molar-refractivity contribution in [2.24, 2.45) is 0 Å². The second kappa shape index (κ2) is 7.38. The minimum atomic E-state index is -0.523. The number of hydrogen-bond acceptors (Lipinski definition) is 6. The first-order chi connectivity index (χ1) is 12.6. The maximum Gasteiger partial charge on any atom is 0.301 e.